The first-order valence-corrected chi connectivity index (χ1v) is 10.7. The summed E-state index contributed by atoms with van der Waals surface area (Å²) in [7, 11) is 1.64. The number of benzene rings is 2. The third-order valence-electron chi connectivity index (χ3n) is 5.71. The van der Waals surface area contributed by atoms with E-state index in [0.29, 0.717) is 17.9 Å². The second-order valence-corrected chi connectivity index (χ2v) is 8.59. The van der Waals surface area contributed by atoms with Crippen LogP contribution in [0.5, 0.6) is 5.75 Å². The van der Waals surface area contributed by atoms with Crippen molar-refractivity contribution in [3.8, 4) is 5.75 Å². The molecule has 148 valence electrons. The predicted molar refractivity (Wildman–Crippen MR) is 115 cm³/mol. The molecular weight excluding hydrogens is 384 g/mol. The van der Waals surface area contributed by atoms with Crippen molar-refractivity contribution in [1.29, 1.82) is 0 Å². The number of piperidine rings is 1. The SMILES string of the molecule is COc1ccc2oc(C(=O)N3CCC[C@H](c4nc5ccccc5s4)C3)c(C)c2c1. The normalized spacial score (nSPS) is 17.2. The first-order chi connectivity index (χ1) is 14.1. The second kappa shape index (κ2) is 7.19. The molecule has 5 rings (SSSR count). The van der Waals surface area contributed by atoms with Gasteiger partial charge in [-0.2, -0.15) is 0 Å². The Kier molecular flexibility index (Phi) is 4.51. The highest BCUT2D eigenvalue weighted by Crippen LogP contribution is 2.35. The Morgan fingerprint density at radius 3 is 2.97 bits per heavy atom. The average molecular weight is 407 g/mol. The Labute approximate surface area is 172 Å². The molecule has 5 nitrogen and oxygen atoms in total. The number of aromatic nitrogens is 1. The zero-order valence-corrected chi connectivity index (χ0v) is 17.3. The molecule has 1 fully saturated rings. The van der Waals surface area contributed by atoms with Gasteiger partial charge in [0.2, 0.25) is 0 Å². The largest absolute Gasteiger partial charge is 0.497 e. The van der Waals surface area contributed by atoms with Crippen molar-refractivity contribution in [1.82, 2.24) is 9.88 Å². The van der Waals surface area contributed by atoms with Crippen LogP contribution in [-0.4, -0.2) is 36.0 Å². The van der Waals surface area contributed by atoms with Crippen molar-refractivity contribution < 1.29 is 13.9 Å². The standard InChI is InChI=1S/C23H22N2O3S/c1-14-17-12-16(27-2)9-10-19(17)28-21(14)23(26)25-11-5-6-15(13-25)22-24-18-7-3-4-8-20(18)29-22/h3-4,7-10,12,15H,5-6,11,13H2,1-2H3/t15-/m0/s1. The summed E-state index contributed by atoms with van der Waals surface area (Å²) in [5.74, 6) is 1.42. The lowest BCUT2D eigenvalue weighted by Gasteiger charge is -2.31. The summed E-state index contributed by atoms with van der Waals surface area (Å²) in [6.45, 7) is 3.37. The van der Waals surface area contributed by atoms with Crippen molar-refractivity contribution >= 4 is 38.4 Å². The average Bonchev–Trinajstić information content (AvgIpc) is 3.34. The van der Waals surface area contributed by atoms with Crippen LogP contribution in [0.4, 0.5) is 0 Å². The van der Waals surface area contributed by atoms with Crippen molar-refractivity contribution in [3.63, 3.8) is 0 Å². The maximum atomic E-state index is 13.3. The van der Waals surface area contributed by atoms with Crippen LogP contribution in [0.3, 0.4) is 0 Å². The summed E-state index contributed by atoms with van der Waals surface area (Å²) in [6, 6.07) is 13.8. The molecule has 1 atom stereocenters. The predicted octanol–water partition coefficient (Wildman–Crippen LogP) is 5.38. The Balaban J connectivity index is 1.42. The van der Waals surface area contributed by atoms with Crippen LogP contribution >= 0.6 is 11.3 Å². The van der Waals surface area contributed by atoms with Crippen LogP contribution in [0, 0.1) is 6.92 Å². The van der Waals surface area contributed by atoms with E-state index in [4.69, 9.17) is 14.1 Å². The number of ether oxygens (including phenoxy) is 1. The zero-order chi connectivity index (χ0) is 20.0. The molecule has 0 saturated carbocycles. The molecule has 1 aliphatic rings. The van der Waals surface area contributed by atoms with E-state index >= 15 is 0 Å². The number of hydrogen-bond donors (Lipinski definition) is 0. The number of nitrogens with zero attached hydrogens (tertiary/aromatic N) is 2. The van der Waals surface area contributed by atoms with E-state index in [9.17, 15) is 4.79 Å². The topological polar surface area (TPSA) is 55.6 Å². The van der Waals surface area contributed by atoms with Gasteiger partial charge in [-0.05, 0) is 50.1 Å². The van der Waals surface area contributed by atoms with Gasteiger partial charge in [-0.25, -0.2) is 4.98 Å². The number of amides is 1. The zero-order valence-electron chi connectivity index (χ0n) is 16.5. The van der Waals surface area contributed by atoms with Crippen LogP contribution in [0.25, 0.3) is 21.2 Å². The number of furan rings is 1. The van der Waals surface area contributed by atoms with Crippen molar-refractivity contribution in [2.75, 3.05) is 20.2 Å². The van der Waals surface area contributed by atoms with Gasteiger partial charge in [0.05, 0.1) is 22.3 Å². The first kappa shape index (κ1) is 18.2. The molecule has 0 radical (unpaired) electrons. The summed E-state index contributed by atoms with van der Waals surface area (Å²) in [5.41, 5.74) is 2.62. The highest BCUT2D eigenvalue weighted by atomic mass is 32.1. The van der Waals surface area contributed by atoms with Gasteiger partial charge in [0, 0.05) is 30.0 Å². The Bertz CT molecular complexity index is 1180. The number of aryl methyl sites for hydroxylation is 1. The van der Waals surface area contributed by atoms with Gasteiger partial charge >= 0.3 is 0 Å². The number of thiazole rings is 1. The Morgan fingerprint density at radius 2 is 2.14 bits per heavy atom. The number of likely N-dealkylation sites (tertiary alicyclic amines) is 1. The molecule has 1 aliphatic heterocycles. The molecule has 1 saturated heterocycles. The summed E-state index contributed by atoms with van der Waals surface area (Å²) >= 11 is 1.74. The highest BCUT2D eigenvalue weighted by molar-refractivity contribution is 7.18. The lowest BCUT2D eigenvalue weighted by atomic mass is 9.98. The molecule has 29 heavy (non-hydrogen) atoms. The Morgan fingerprint density at radius 1 is 1.28 bits per heavy atom. The number of methoxy groups -OCH3 is 1. The summed E-state index contributed by atoms with van der Waals surface area (Å²) in [6.07, 6.45) is 2.03. The van der Waals surface area contributed by atoms with Gasteiger partial charge < -0.3 is 14.1 Å². The van der Waals surface area contributed by atoms with E-state index in [1.54, 1.807) is 18.4 Å². The molecule has 4 aromatic rings. The molecule has 0 N–H and O–H groups in total. The third kappa shape index (κ3) is 3.17. The first-order valence-electron chi connectivity index (χ1n) is 9.86. The maximum Gasteiger partial charge on any atom is 0.289 e. The van der Waals surface area contributed by atoms with Gasteiger partial charge in [0.1, 0.15) is 11.3 Å². The van der Waals surface area contributed by atoms with Crippen LogP contribution in [0.15, 0.2) is 46.9 Å². The number of fused-ring (bicyclic) bond motifs is 2. The van der Waals surface area contributed by atoms with Crippen LogP contribution in [0.1, 0.15) is 39.9 Å². The van der Waals surface area contributed by atoms with Gasteiger partial charge in [-0.1, -0.05) is 12.1 Å². The number of carbonyl (C=O) groups is 1. The number of rotatable bonds is 3. The van der Waals surface area contributed by atoms with Crippen LogP contribution in [-0.2, 0) is 0 Å². The van der Waals surface area contributed by atoms with E-state index < -0.39 is 0 Å². The summed E-state index contributed by atoms with van der Waals surface area (Å²) in [4.78, 5) is 20.0. The summed E-state index contributed by atoms with van der Waals surface area (Å²) < 4.78 is 12.5. The fraction of sp³-hybridized carbons (Fsp3) is 0.304. The van der Waals surface area contributed by atoms with Gasteiger partial charge in [-0.3, -0.25) is 4.79 Å². The van der Waals surface area contributed by atoms with E-state index in [1.807, 2.05) is 48.2 Å². The maximum absolute atomic E-state index is 13.3. The van der Waals surface area contributed by atoms with Gasteiger partial charge in [0.25, 0.3) is 5.91 Å². The van der Waals surface area contributed by atoms with Gasteiger partial charge in [-0.15, -0.1) is 11.3 Å². The molecule has 0 aliphatic carbocycles. The van der Waals surface area contributed by atoms with Crippen molar-refractivity contribution in [3.05, 3.63) is 58.8 Å². The van der Waals surface area contributed by atoms with E-state index in [2.05, 4.69) is 6.07 Å². The van der Waals surface area contributed by atoms with Crippen LogP contribution in [0.2, 0.25) is 0 Å². The highest BCUT2D eigenvalue weighted by Gasteiger charge is 2.30. The lowest BCUT2D eigenvalue weighted by molar-refractivity contribution is 0.0676. The molecule has 3 heterocycles. The van der Waals surface area contributed by atoms with Crippen molar-refractivity contribution in [2.45, 2.75) is 25.7 Å². The summed E-state index contributed by atoms with van der Waals surface area (Å²) in [5, 5.41) is 2.04. The van der Waals surface area contributed by atoms with Crippen LogP contribution < -0.4 is 4.74 Å². The molecule has 6 heteroatoms. The minimum absolute atomic E-state index is 0.0384. The Hall–Kier alpha value is -2.86. The minimum atomic E-state index is -0.0384. The monoisotopic (exact) mass is 406 g/mol. The van der Waals surface area contributed by atoms with Crippen molar-refractivity contribution in [2.24, 2.45) is 0 Å². The molecule has 0 bridgehead atoms. The third-order valence-corrected chi connectivity index (χ3v) is 6.90. The molecular formula is C23H22N2O3S. The quantitative estimate of drug-likeness (QED) is 0.458. The van der Waals surface area contributed by atoms with E-state index in [1.165, 1.54) is 4.70 Å². The van der Waals surface area contributed by atoms with Gasteiger partial charge in [0.15, 0.2) is 5.76 Å². The number of para-hydroxylation sites is 1. The van der Waals surface area contributed by atoms with E-state index in [-0.39, 0.29) is 11.8 Å². The number of hydrogen-bond acceptors (Lipinski definition) is 5. The molecule has 1 amide bonds. The minimum Gasteiger partial charge on any atom is -0.497 e. The van der Waals surface area contributed by atoms with E-state index in [0.717, 1.165) is 46.6 Å². The molecule has 2 aromatic carbocycles. The smallest absolute Gasteiger partial charge is 0.289 e. The molecule has 0 spiro atoms. The fourth-order valence-corrected chi connectivity index (χ4v) is 5.20. The fourth-order valence-electron chi connectivity index (χ4n) is 4.10. The second-order valence-electron chi connectivity index (χ2n) is 7.53. The molecule has 2 aromatic heterocycles. The molecule has 0 unspecified atom stereocenters. The number of carbonyl (C=O) groups excluding carboxylic acids is 1. The lowest BCUT2D eigenvalue weighted by Crippen LogP contribution is -2.39.